The van der Waals surface area contributed by atoms with Crippen LogP contribution in [0.25, 0.3) is 16.9 Å². The number of fused-ring (bicyclic) bond motifs is 1. The lowest BCUT2D eigenvalue weighted by Crippen LogP contribution is -2.40. The molecule has 0 saturated carbocycles. The summed E-state index contributed by atoms with van der Waals surface area (Å²) < 4.78 is 33.7. The Kier molecular flexibility index (Phi) is 4.98. The van der Waals surface area contributed by atoms with Crippen molar-refractivity contribution >= 4 is 22.7 Å². The molecule has 2 aromatic rings. The molecule has 0 spiro atoms. The van der Waals surface area contributed by atoms with E-state index in [4.69, 9.17) is 10.1 Å². The Morgan fingerprint density at radius 2 is 2.08 bits per heavy atom. The van der Waals surface area contributed by atoms with E-state index < -0.39 is 6.43 Å². The molecule has 8 heteroatoms. The van der Waals surface area contributed by atoms with E-state index in [1.54, 1.807) is 25.3 Å². The lowest BCUT2D eigenvalue weighted by molar-refractivity contribution is 0.0681. The van der Waals surface area contributed by atoms with Crippen molar-refractivity contribution in [2.45, 2.75) is 13.3 Å². The minimum Gasteiger partial charge on any atom is -0.378 e. The van der Waals surface area contributed by atoms with Crippen LogP contribution in [0.2, 0.25) is 0 Å². The highest BCUT2D eigenvalue weighted by molar-refractivity contribution is 5.95. The number of nitrogens with one attached hydrogen (secondary N) is 2. The first-order chi connectivity index (χ1) is 12.0. The monoisotopic (exact) mass is 349 g/mol. The van der Waals surface area contributed by atoms with Crippen molar-refractivity contribution in [2.75, 3.05) is 33.4 Å². The van der Waals surface area contributed by atoms with Gasteiger partial charge >= 0.3 is 0 Å². The second-order valence-corrected chi connectivity index (χ2v) is 5.86. The SMILES string of the molecule is CNC(=CC(=N)N1CCOCC1)n1c(C(F)F)nc2cc(C)ccc21. The number of alkyl halides is 2. The molecular weight excluding hydrogens is 328 g/mol. The minimum absolute atomic E-state index is 0.252. The van der Waals surface area contributed by atoms with Gasteiger partial charge in [-0.3, -0.25) is 9.98 Å². The molecular formula is C17H21F2N5O. The van der Waals surface area contributed by atoms with Gasteiger partial charge in [0, 0.05) is 26.2 Å². The lowest BCUT2D eigenvalue weighted by atomic mass is 10.2. The third kappa shape index (κ3) is 3.48. The number of ether oxygens (including phenoxy) is 1. The van der Waals surface area contributed by atoms with E-state index in [0.717, 1.165) is 5.56 Å². The van der Waals surface area contributed by atoms with Crippen LogP contribution in [0.15, 0.2) is 24.3 Å². The number of morpholine rings is 1. The van der Waals surface area contributed by atoms with Gasteiger partial charge in [0.25, 0.3) is 6.43 Å². The Morgan fingerprint density at radius 3 is 2.72 bits per heavy atom. The molecule has 0 unspecified atom stereocenters. The summed E-state index contributed by atoms with van der Waals surface area (Å²) in [5, 5.41) is 11.2. The van der Waals surface area contributed by atoms with Crippen molar-refractivity contribution in [1.82, 2.24) is 19.8 Å². The molecule has 1 saturated heterocycles. The summed E-state index contributed by atoms with van der Waals surface area (Å²) in [6.07, 6.45) is -1.17. The normalized spacial score (nSPS) is 15.9. The zero-order valence-corrected chi connectivity index (χ0v) is 14.2. The molecule has 1 aromatic carbocycles. The quantitative estimate of drug-likeness (QED) is 0.658. The van der Waals surface area contributed by atoms with Crippen LogP contribution in [0.3, 0.4) is 0 Å². The van der Waals surface area contributed by atoms with Gasteiger partial charge < -0.3 is 15.0 Å². The Labute approximate surface area is 144 Å². The van der Waals surface area contributed by atoms with Crippen molar-refractivity contribution < 1.29 is 13.5 Å². The smallest absolute Gasteiger partial charge is 0.296 e. The maximum Gasteiger partial charge on any atom is 0.296 e. The highest BCUT2D eigenvalue weighted by Gasteiger charge is 2.22. The number of aryl methyl sites for hydroxylation is 1. The van der Waals surface area contributed by atoms with Gasteiger partial charge in [0.1, 0.15) is 11.7 Å². The molecule has 25 heavy (non-hydrogen) atoms. The first kappa shape index (κ1) is 17.3. The first-order valence-corrected chi connectivity index (χ1v) is 8.09. The van der Waals surface area contributed by atoms with Gasteiger partial charge in [-0.15, -0.1) is 0 Å². The van der Waals surface area contributed by atoms with E-state index in [9.17, 15) is 8.78 Å². The second-order valence-electron chi connectivity index (χ2n) is 5.86. The van der Waals surface area contributed by atoms with E-state index in [0.29, 0.717) is 43.2 Å². The lowest BCUT2D eigenvalue weighted by Gasteiger charge is -2.28. The zero-order chi connectivity index (χ0) is 18.0. The first-order valence-electron chi connectivity index (χ1n) is 8.09. The predicted octanol–water partition coefficient (Wildman–Crippen LogP) is 2.61. The summed E-state index contributed by atoms with van der Waals surface area (Å²) in [6.45, 7) is 4.22. The van der Waals surface area contributed by atoms with Gasteiger partial charge in [0.2, 0.25) is 0 Å². The average molecular weight is 349 g/mol. The minimum atomic E-state index is -2.72. The molecule has 2 N–H and O–H groups in total. The maximum absolute atomic E-state index is 13.5. The van der Waals surface area contributed by atoms with Gasteiger partial charge in [0.05, 0.1) is 24.2 Å². The molecule has 0 atom stereocenters. The van der Waals surface area contributed by atoms with Gasteiger partial charge in [-0.1, -0.05) is 6.07 Å². The Morgan fingerprint density at radius 1 is 1.36 bits per heavy atom. The molecule has 3 rings (SSSR count). The van der Waals surface area contributed by atoms with Crippen LogP contribution in [0.4, 0.5) is 8.78 Å². The third-order valence-electron chi connectivity index (χ3n) is 4.15. The Bertz CT molecular complexity index is 809. The molecule has 0 amide bonds. The fraction of sp³-hybridized carbons (Fsp3) is 0.412. The van der Waals surface area contributed by atoms with Crippen molar-refractivity contribution in [3.63, 3.8) is 0 Å². The second kappa shape index (κ2) is 7.18. The van der Waals surface area contributed by atoms with Crippen molar-refractivity contribution in [2.24, 2.45) is 0 Å². The molecule has 0 aliphatic carbocycles. The topological polar surface area (TPSA) is 66.2 Å². The summed E-state index contributed by atoms with van der Waals surface area (Å²) in [4.78, 5) is 5.94. The van der Waals surface area contributed by atoms with Crippen LogP contribution in [0, 0.1) is 12.3 Å². The molecule has 134 valence electrons. The van der Waals surface area contributed by atoms with Crippen LogP contribution in [-0.4, -0.2) is 53.6 Å². The fourth-order valence-corrected chi connectivity index (χ4v) is 2.88. The van der Waals surface area contributed by atoms with Crippen LogP contribution >= 0.6 is 0 Å². The Balaban J connectivity index is 2.06. The van der Waals surface area contributed by atoms with E-state index in [-0.39, 0.29) is 11.7 Å². The number of amidine groups is 1. The van der Waals surface area contributed by atoms with Crippen molar-refractivity contribution in [1.29, 1.82) is 5.41 Å². The van der Waals surface area contributed by atoms with Gasteiger partial charge in [-0.05, 0) is 24.6 Å². The zero-order valence-electron chi connectivity index (χ0n) is 14.2. The summed E-state index contributed by atoms with van der Waals surface area (Å²) in [5.74, 6) is 0.302. The Hall–Kier alpha value is -2.48. The number of nitrogens with zero attached hydrogens (tertiary/aromatic N) is 3. The summed E-state index contributed by atoms with van der Waals surface area (Å²) in [5.41, 5.74) is 2.04. The highest BCUT2D eigenvalue weighted by atomic mass is 19.3. The molecule has 1 aliphatic heterocycles. The van der Waals surface area contributed by atoms with Crippen molar-refractivity contribution in [3.8, 4) is 0 Å². The number of hydrogen-bond acceptors (Lipinski definition) is 4. The van der Waals surface area contributed by atoms with Gasteiger partial charge in [0.15, 0.2) is 5.82 Å². The third-order valence-corrected chi connectivity index (χ3v) is 4.15. The van der Waals surface area contributed by atoms with Gasteiger partial charge in [-0.2, -0.15) is 0 Å². The molecule has 0 radical (unpaired) electrons. The standard InChI is InChI=1S/C17H21F2N5O/c1-11-3-4-13-12(9-11)22-17(16(18)19)24(13)15(21-2)10-14(20)23-5-7-25-8-6-23/h3-4,9-10,16,20-21H,5-8H2,1-2H3. The molecule has 2 heterocycles. The summed E-state index contributed by atoms with van der Waals surface area (Å²) in [6, 6.07) is 5.40. The summed E-state index contributed by atoms with van der Waals surface area (Å²) >= 11 is 0. The molecule has 6 nitrogen and oxygen atoms in total. The van der Waals surface area contributed by atoms with Gasteiger partial charge in [-0.25, -0.2) is 13.8 Å². The fourth-order valence-electron chi connectivity index (χ4n) is 2.88. The van der Waals surface area contributed by atoms with Crippen molar-refractivity contribution in [3.05, 3.63) is 35.7 Å². The van der Waals surface area contributed by atoms with E-state index in [1.165, 1.54) is 4.57 Å². The summed E-state index contributed by atoms with van der Waals surface area (Å²) in [7, 11) is 1.65. The van der Waals surface area contributed by atoms with Crippen LogP contribution in [0.5, 0.6) is 0 Å². The number of imidazole rings is 1. The molecule has 1 aliphatic rings. The van der Waals surface area contributed by atoms with Crippen LogP contribution < -0.4 is 5.32 Å². The number of aromatic nitrogens is 2. The van der Waals surface area contributed by atoms with E-state index in [1.807, 2.05) is 17.9 Å². The molecule has 1 fully saturated rings. The van der Waals surface area contributed by atoms with E-state index >= 15 is 0 Å². The van der Waals surface area contributed by atoms with Crippen LogP contribution in [0.1, 0.15) is 17.8 Å². The van der Waals surface area contributed by atoms with E-state index in [2.05, 4.69) is 10.3 Å². The molecule has 1 aromatic heterocycles. The number of rotatable bonds is 4. The number of hydrogen-bond donors (Lipinski definition) is 2. The van der Waals surface area contributed by atoms with Crippen LogP contribution in [-0.2, 0) is 4.74 Å². The largest absolute Gasteiger partial charge is 0.378 e. The number of benzene rings is 1. The molecule has 0 bridgehead atoms. The predicted molar refractivity (Wildman–Crippen MR) is 92.9 cm³/mol. The number of halogens is 2. The maximum atomic E-state index is 13.5. The highest BCUT2D eigenvalue weighted by Crippen LogP contribution is 2.27. The average Bonchev–Trinajstić information content (AvgIpc) is 2.99.